The topological polar surface area (TPSA) is 82.0 Å². The van der Waals surface area contributed by atoms with E-state index in [1.807, 2.05) is 32.0 Å². The lowest BCUT2D eigenvalue weighted by Crippen LogP contribution is -2.03. The average molecular weight is 289 g/mol. The van der Waals surface area contributed by atoms with Crippen LogP contribution in [0, 0.1) is 6.92 Å². The first-order chi connectivity index (χ1) is 10.0. The van der Waals surface area contributed by atoms with Gasteiger partial charge in [0.05, 0.1) is 12.3 Å². The van der Waals surface area contributed by atoms with Crippen LogP contribution in [0.5, 0.6) is 23.0 Å². The molecule has 0 saturated heterocycles. The number of benzene rings is 2. The zero-order chi connectivity index (χ0) is 15.4. The maximum atomic E-state index is 9.79. The average Bonchev–Trinajstić information content (AvgIpc) is 2.46. The summed E-state index contributed by atoms with van der Waals surface area (Å²) in [4.78, 5) is 0. The van der Waals surface area contributed by atoms with Crippen molar-refractivity contribution >= 4 is 5.69 Å². The molecular weight excluding hydrogens is 270 g/mol. The molecule has 0 spiro atoms. The molecule has 0 aliphatic heterocycles. The summed E-state index contributed by atoms with van der Waals surface area (Å²) in [6.45, 7) is 4.75. The van der Waals surface area contributed by atoms with Crippen LogP contribution in [0.15, 0.2) is 30.3 Å². The van der Waals surface area contributed by atoms with Gasteiger partial charge in [-0.05, 0) is 43.7 Å². The number of nitrogens with one attached hydrogen (secondary N) is 1. The monoisotopic (exact) mass is 289 g/mol. The molecule has 0 aliphatic rings. The molecule has 21 heavy (non-hydrogen) atoms. The molecule has 0 bridgehead atoms. The van der Waals surface area contributed by atoms with Crippen molar-refractivity contribution in [2.45, 2.75) is 20.4 Å². The second kappa shape index (κ2) is 6.26. The molecule has 5 nitrogen and oxygen atoms in total. The van der Waals surface area contributed by atoms with Crippen LogP contribution in [-0.4, -0.2) is 21.9 Å². The van der Waals surface area contributed by atoms with Gasteiger partial charge in [-0.1, -0.05) is 6.07 Å². The molecule has 0 atom stereocenters. The highest BCUT2D eigenvalue weighted by Gasteiger charge is 2.11. The summed E-state index contributed by atoms with van der Waals surface area (Å²) < 4.78 is 5.56. The van der Waals surface area contributed by atoms with Crippen LogP contribution in [-0.2, 0) is 6.54 Å². The van der Waals surface area contributed by atoms with Crippen LogP contribution in [0.25, 0.3) is 0 Å². The van der Waals surface area contributed by atoms with Gasteiger partial charge in [-0.15, -0.1) is 0 Å². The highest BCUT2D eigenvalue weighted by Crippen LogP contribution is 2.37. The molecule has 0 heterocycles. The third kappa shape index (κ3) is 3.31. The van der Waals surface area contributed by atoms with Crippen LogP contribution in [0.3, 0.4) is 0 Å². The highest BCUT2D eigenvalue weighted by atomic mass is 16.5. The molecule has 0 amide bonds. The zero-order valence-electron chi connectivity index (χ0n) is 12.1. The summed E-state index contributed by atoms with van der Waals surface area (Å²) in [5.41, 5.74) is 2.37. The number of aryl methyl sites for hydroxylation is 1. The van der Waals surface area contributed by atoms with E-state index in [4.69, 9.17) is 4.74 Å². The van der Waals surface area contributed by atoms with Crippen molar-refractivity contribution in [3.63, 3.8) is 0 Å². The van der Waals surface area contributed by atoms with Crippen LogP contribution < -0.4 is 10.1 Å². The standard InChI is InChI=1S/C16H19NO4/c1-3-21-14-8-10(2)4-6-12(14)17-9-11-5-7-13(18)16(20)15(11)19/h4-8,17-20H,3,9H2,1-2H3. The third-order valence-electron chi connectivity index (χ3n) is 3.12. The van der Waals surface area contributed by atoms with E-state index in [1.54, 1.807) is 6.07 Å². The molecule has 112 valence electrons. The Kier molecular flexibility index (Phi) is 4.42. The van der Waals surface area contributed by atoms with Gasteiger partial charge in [0.25, 0.3) is 0 Å². The Labute approximate surface area is 123 Å². The van der Waals surface area contributed by atoms with Gasteiger partial charge in [-0.2, -0.15) is 0 Å². The maximum absolute atomic E-state index is 9.79. The molecule has 0 unspecified atom stereocenters. The summed E-state index contributed by atoms with van der Waals surface area (Å²) in [5.74, 6) is -0.447. The first kappa shape index (κ1) is 14.8. The number of aromatic hydroxyl groups is 3. The Morgan fingerprint density at radius 3 is 2.52 bits per heavy atom. The number of hydrogen-bond donors (Lipinski definition) is 4. The summed E-state index contributed by atoms with van der Waals surface area (Å²) in [5, 5.41) is 31.8. The summed E-state index contributed by atoms with van der Waals surface area (Å²) >= 11 is 0. The normalized spacial score (nSPS) is 10.4. The van der Waals surface area contributed by atoms with Crippen molar-refractivity contribution < 1.29 is 20.1 Å². The van der Waals surface area contributed by atoms with Gasteiger partial charge in [0.1, 0.15) is 5.75 Å². The first-order valence-electron chi connectivity index (χ1n) is 6.73. The number of hydrogen-bond acceptors (Lipinski definition) is 5. The van der Waals surface area contributed by atoms with E-state index in [0.29, 0.717) is 18.7 Å². The van der Waals surface area contributed by atoms with Gasteiger partial charge in [-0.3, -0.25) is 0 Å². The molecular formula is C16H19NO4. The number of rotatable bonds is 5. The SMILES string of the molecule is CCOc1cc(C)ccc1NCc1ccc(O)c(O)c1O. The number of phenolic OH excluding ortho intramolecular Hbond substituents is 3. The number of ether oxygens (including phenoxy) is 1. The molecule has 0 aromatic heterocycles. The van der Waals surface area contributed by atoms with Crippen molar-refractivity contribution in [3.8, 4) is 23.0 Å². The van der Waals surface area contributed by atoms with Crippen LogP contribution in [0.4, 0.5) is 5.69 Å². The van der Waals surface area contributed by atoms with Crippen molar-refractivity contribution in [2.24, 2.45) is 0 Å². The van der Waals surface area contributed by atoms with Crippen LogP contribution in [0.1, 0.15) is 18.1 Å². The third-order valence-corrected chi connectivity index (χ3v) is 3.12. The Balaban J connectivity index is 2.18. The van der Waals surface area contributed by atoms with Gasteiger partial charge in [-0.25, -0.2) is 0 Å². The van der Waals surface area contributed by atoms with Gasteiger partial charge in [0.2, 0.25) is 5.75 Å². The van der Waals surface area contributed by atoms with Crippen molar-refractivity contribution in [3.05, 3.63) is 41.5 Å². The molecule has 0 saturated carbocycles. The van der Waals surface area contributed by atoms with Gasteiger partial charge < -0.3 is 25.4 Å². The Morgan fingerprint density at radius 2 is 1.81 bits per heavy atom. The Morgan fingerprint density at radius 1 is 1.05 bits per heavy atom. The molecule has 4 N–H and O–H groups in total. The fraction of sp³-hybridized carbons (Fsp3) is 0.250. The molecule has 0 aliphatic carbocycles. The Hall–Kier alpha value is -2.56. The van der Waals surface area contributed by atoms with E-state index < -0.39 is 5.75 Å². The van der Waals surface area contributed by atoms with E-state index in [1.165, 1.54) is 6.07 Å². The predicted octanol–water partition coefficient (Wildman–Crippen LogP) is 3.12. The fourth-order valence-corrected chi connectivity index (χ4v) is 1.99. The lowest BCUT2D eigenvalue weighted by molar-refractivity contribution is 0.341. The first-order valence-corrected chi connectivity index (χ1v) is 6.73. The molecule has 2 aromatic rings. The highest BCUT2D eigenvalue weighted by molar-refractivity contribution is 5.59. The van der Waals surface area contributed by atoms with Crippen molar-refractivity contribution in [2.75, 3.05) is 11.9 Å². The minimum Gasteiger partial charge on any atom is -0.504 e. The lowest BCUT2D eigenvalue weighted by Gasteiger charge is -2.14. The molecule has 0 fully saturated rings. The largest absolute Gasteiger partial charge is 0.504 e. The van der Waals surface area contributed by atoms with Gasteiger partial charge in [0, 0.05) is 12.1 Å². The van der Waals surface area contributed by atoms with Gasteiger partial charge in [0.15, 0.2) is 11.5 Å². The number of phenols is 3. The molecule has 2 rings (SSSR count). The van der Waals surface area contributed by atoms with Crippen molar-refractivity contribution in [1.29, 1.82) is 0 Å². The second-order valence-electron chi connectivity index (χ2n) is 4.73. The fourth-order valence-electron chi connectivity index (χ4n) is 1.99. The molecule has 2 aromatic carbocycles. The molecule has 5 heteroatoms. The van der Waals surface area contributed by atoms with E-state index in [2.05, 4.69) is 5.32 Å². The summed E-state index contributed by atoms with van der Waals surface area (Å²) in [7, 11) is 0. The van der Waals surface area contributed by atoms with E-state index in [0.717, 1.165) is 17.0 Å². The van der Waals surface area contributed by atoms with Crippen LogP contribution >= 0.6 is 0 Å². The van der Waals surface area contributed by atoms with E-state index in [-0.39, 0.29) is 11.5 Å². The Bertz CT molecular complexity index is 640. The van der Waals surface area contributed by atoms with Crippen molar-refractivity contribution in [1.82, 2.24) is 0 Å². The second-order valence-corrected chi connectivity index (χ2v) is 4.73. The van der Waals surface area contributed by atoms with Gasteiger partial charge >= 0.3 is 0 Å². The van der Waals surface area contributed by atoms with E-state index >= 15 is 0 Å². The quantitative estimate of drug-likeness (QED) is 0.636. The molecule has 0 radical (unpaired) electrons. The van der Waals surface area contributed by atoms with E-state index in [9.17, 15) is 15.3 Å². The lowest BCUT2D eigenvalue weighted by atomic mass is 10.1. The van der Waals surface area contributed by atoms with Crippen LogP contribution in [0.2, 0.25) is 0 Å². The minimum absolute atomic E-state index is 0.294. The maximum Gasteiger partial charge on any atom is 0.200 e. The summed E-state index contributed by atoms with van der Waals surface area (Å²) in [6.07, 6.45) is 0. The number of anilines is 1. The predicted molar refractivity (Wildman–Crippen MR) is 81.1 cm³/mol. The summed E-state index contributed by atoms with van der Waals surface area (Å²) in [6, 6.07) is 8.67. The zero-order valence-corrected chi connectivity index (χ0v) is 12.1. The smallest absolute Gasteiger partial charge is 0.200 e. The minimum atomic E-state index is -0.511.